The van der Waals surface area contributed by atoms with Gasteiger partial charge in [0.1, 0.15) is 36.7 Å². The molecule has 4 N–H and O–H groups in total. The van der Waals surface area contributed by atoms with Gasteiger partial charge >= 0.3 is 0 Å². The largest absolute Gasteiger partial charge is 0.493 e. The molecule has 0 radical (unpaired) electrons. The first-order valence-corrected chi connectivity index (χ1v) is 11.6. The predicted octanol–water partition coefficient (Wildman–Crippen LogP) is 0.606. The molecule has 4 rings (SSSR count). The number of aromatic nitrogens is 3. The van der Waals surface area contributed by atoms with Crippen LogP contribution in [0.15, 0.2) is 54.7 Å². The number of aliphatic hydroxyl groups is 4. The minimum atomic E-state index is -1.54. The van der Waals surface area contributed by atoms with Crippen molar-refractivity contribution < 1.29 is 39.4 Å². The van der Waals surface area contributed by atoms with Crippen molar-refractivity contribution in [3.8, 4) is 17.6 Å². The van der Waals surface area contributed by atoms with Gasteiger partial charge in [0, 0.05) is 5.56 Å². The summed E-state index contributed by atoms with van der Waals surface area (Å²) >= 11 is 0. The maximum atomic E-state index is 12.4. The fraction of sp³-hybridized carbons (Fsp3) is 0.308. The molecule has 38 heavy (non-hydrogen) atoms. The zero-order chi connectivity index (χ0) is 27.2. The highest BCUT2D eigenvalue weighted by atomic mass is 16.6. The van der Waals surface area contributed by atoms with Crippen molar-refractivity contribution in [3.05, 3.63) is 77.1 Å². The van der Waals surface area contributed by atoms with E-state index in [2.05, 4.69) is 10.3 Å². The molecule has 1 aliphatic rings. The highest BCUT2D eigenvalue weighted by Crippen LogP contribution is 2.30. The summed E-state index contributed by atoms with van der Waals surface area (Å²) in [5.41, 5.74) is 2.01. The number of aliphatic hydroxyl groups excluding tert-OH is 4. The van der Waals surface area contributed by atoms with Gasteiger partial charge in [0.2, 0.25) is 0 Å². The van der Waals surface area contributed by atoms with Crippen LogP contribution in [0.4, 0.5) is 0 Å². The number of benzene rings is 2. The number of ketones is 1. The standard InChI is InChI=1S/C26H26N4O8/c1-36-21-10-15(4-8-19(32)17-6-2-16(11-27)3-7-17)5-9-20(21)37-14-18-12-30(29-28-18)26-25(35)24(34)23(33)22(13-31)38-26/h2-10,12,22-26,31,33-35H,13-14H2,1H3/b8-4+/t22-,23-,24+,25-,26-/m1/s1. The zero-order valence-electron chi connectivity index (χ0n) is 20.3. The van der Waals surface area contributed by atoms with E-state index in [1.807, 2.05) is 6.07 Å². The van der Waals surface area contributed by atoms with Crippen LogP contribution < -0.4 is 9.47 Å². The maximum absolute atomic E-state index is 12.4. The second-order valence-corrected chi connectivity index (χ2v) is 8.50. The van der Waals surface area contributed by atoms with E-state index < -0.39 is 37.3 Å². The van der Waals surface area contributed by atoms with Crippen molar-refractivity contribution in [2.24, 2.45) is 0 Å². The molecule has 0 bridgehead atoms. The highest BCUT2D eigenvalue weighted by molar-refractivity contribution is 6.06. The smallest absolute Gasteiger partial charge is 0.185 e. The van der Waals surface area contributed by atoms with Crippen LogP contribution in [-0.2, 0) is 11.3 Å². The summed E-state index contributed by atoms with van der Waals surface area (Å²) in [6.45, 7) is -0.569. The fourth-order valence-corrected chi connectivity index (χ4v) is 3.84. The minimum Gasteiger partial charge on any atom is -0.493 e. The number of methoxy groups -OCH3 is 1. The Morgan fingerprint density at radius 2 is 1.89 bits per heavy atom. The molecule has 12 heteroatoms. The molecule has 5 atom stereocenters. The first-order valence-electron chi connectivity index (χ1n) is 11.6. The normalized spacial score (nSPS) is 23.2. The van der Waals surface area contributed by atoms with Gasteiger partial charge in [0.15, 0.2) is 23.5 Å². The van der Waals surface area contributed by atoms with Crippen molar-refractivity contribution in [2.75, 3.05) is 13.7 Å². The van der Waals surface area contributed by atoms with Gasteiger partial charge in [0.05, 0.1) is 31.5 Å². The lowest BCUT2D eigenvalue weighted by atomic mass is 9.98. The Bertz CT molecular complexity index is 1330. The lowest BCUT2D eigenvalue weighted by Gasteiger charge is -2.39. The van der Waals surface area contributed by atoms with Crippen LogP contribution in [0.25, 0.3) is 6.08 Å². The molecule has 0 saturated carbocycles. The quantitative estimate of drug-likeness (QED) is 0.228. The van der Waals surface area contributed by atoms with Gasteiger partial charge in [0.25, 0.3) is 0 Å². The second-order valence-electron chi connectivity index (χ2n) is 8.50. The van der Waals surface area contributed by atoms with E-state index in [0.29, 0.717) is 33.9 Å². The van der Waals surface area contributed by atoms with E-state index >= 15 is 0 Å². The number of nitriles is 1. The third-order valence-corrected chi connectivity index (χ3v) is 5.97. The Balaban J connectivity index is 1.40. The number of hydrogen-bond acceptors (Lipinski definition) is 11. The monoisotopic (exact) mass is 522 g/mol. The summed E-state index contributed by atoms with van der Waals surface area (Å²) in [5.74, 6) is 0.612. The van der Waals surface area contributed by atoms with E-state index in [1.165, 1.54) is 24.1 Å². The minimum absolute atomic E-state index is 0.0137. The lowest BCUT2D eigenvalue weighted by Crippen LogP contribution is -2.56. The van der Waals surface area contributed by atoms with Crippen LogP contribution in [0, 0.1) is 11.3 Å². The third kappa shape index (κ3) is 5.88. The molecule has 2 aromatic carbocycles. The van der Waals surface area contributed by atoms with Crippen molar-refractivity contribution in [2.45, 2.75) is 37.3 Å². The molecule has 0 amide bonds. The van der Waals surface area contributed by atoms with Crippen molar-refractivity contribution in [1.82, 2.24) is 15.0 Å². The van der Waals surface area contributed by atoms with Crippen molar-refractivity contribution in [3.63, 3.8) is 0 Å². The molecule has 198 valence electrons. The van der Waals surface area contributed by atoms with Crippen LogP contribution in [0.5, 0.6) is 11.5 Å². The number of carbonyl (C=O) groups is 1. The first kappa shape index (κ1) is 26.9. The summed E-state index contributed by atoms with van der Waals surface area (Å²) < 4.78 is 17.9. The number of rotatable bonds is 9. The number of hydrogen-bond donors (Lipinski definition) is 4. The summed E-state index contributed by atoms with van der Waals surface area (Å²) in [4.78, 5) is 12.4. The van der Waals surface area contributed by atoms with Crippen molar-refractivity contribution >= 4 is 11.9 Å². The number of ether oxygens (including phenoxy) is 3. The average molecular weight is 523 g/mol. The van der Waals surface area contributed by atoms with E-state index in [0.717, 1.165) is 0 Å². The topological polar surface area (TPSA) is 180 Å². The van der Waals surface area contributed by atoms with Gasteiger partial charge in [-0.15, -0.1) is 5.10 Å². The molecule has 1 aromatic heterocycles. The van der Waals surface area contributed by atoms with Crippen molar-refractivity contribution in [1.29, 1.82) is 5.26 Å². The number of carbonyl (C=O) groups excluding carboxylic acids is 1. The van der Waals surface area contributed by atoms with Crippen LogP contribution in [0.1, 0.15) is 33.4 Å². The molecule has 0 unspecified atom stereocenters. The van der Waals surface area contributed by atoms with E-state index in [4.69, 9.17) is 19.5 Å². The van der Waals surface area contributed by atoms with Gasteiger partial charge in [-0.2, -0.15) is 5.26 Å². The molecule has 0 aliphatic carbocycles. The molecule has 1 fully saturated rings. The van der Waals surface area contributed by atoms with E-state index in [-0.39, 0.29) is 12.4 Å². The third-order valence-electron chi connectivity index (χ3n) is 5.97. The van der Waals surface area contributed by atoms with Gasteiger partial charge in [-0.1, -0.05) is 17.4 Å². The Hall–Kier alpha value is -4.12. The Morgan fingerprint density at radius 1 is 1.13 bits per heavy atom. The van der Waals surface area contributed by atoms with Crippen LogP contribution in [0.2, 0.25) is 0 Å². The molecule has 1 saturated heterocycles. The predicted molar refractivity (Wildman–Crippen MR) is 131 cm³/mol. The molecule has 1 aliphatic heterocycles. The van der Waals surface area contributed by atoms with Gasteiger partial charge in [-0.3, -0.25) is 4.79 Å². The molecular weight excluding hydrogens is 496 g/mol. The first-order chi connectivity index (χ1) is 18.3. The maximum Gasteiger partial charge on any atom is 0.185 e. The summed E-state index contributed by atoms with van der Waals surface area (Å²) in [5, 5.41) is 56.3. The van der Waals surface area contributed by atoms with Gasteiger partial charge in [-0.25, -0.2) is 4.68 Å². The van der Waals surface area contributed by atoms with Gasteiger partial charge < -0.3 is 34.6 Å². The zero-order valence-corrected chi connectivity index (χ0v) is 20.3. The number of allylic oxidation sites excluding steroid dienone is 1. The molecule has 0 spiro atoms. The lowest BCUT2D eigenvalue weighted by molar-refractivity contribution is -0.254. The highest BCUT2D eigenvalue weighted by Gasteiger charge is 2.44. The Labute approximate surface area is 217 Å². The fourth-order valence-electron chi connectivity index (χ4n) is 3.84. The summed E-state index contributed by atoms with van der Waals surface area (Å²) in [6, 6.07) is 13.5. The Kier molecular flexibility index (Phi) is 8.47. The van der Waals surface area contributed by atoms with E-state index in [1.54, 1.807) is 48.5 Å². The molecule has 12 nitrogen and oxygen atoms in total. The van der Waals surface area contributed by atoms with E-state index in [9.17, 15) is 25.2 Å². The molecular formula is C26H26N4O8. The number of nitrogens with zero attached hydrogens (tertiary/aromatic N) is 4. The van der Waals surface area contributed by atoms with Crippen LogP contribution in [-0.4, -0.2) is 79.3 Å². The second kappa shape index (κ2) is 12.0. The van der Waals surface area contributed by atoms with Crippen LogP contribution >= 0.6 is 0 Å². The SMILES string of the molecule is COc1cc(/C=C/C(=O)c2ccc(C#N)cc2)ccc1OCc1cn([C@@H]2O[C@H](CO)[C@@H](O)[C@H](O)[C@H]2O)nn1. The molecule has 3 aromatic rings. The molecule has 2 heterocycles. The summed E-state index contributed by atoms with van der Waals surface area (Å²) in [6.07, 6.45) is -2.23. The van der Waals surface area contributed by atoms with Gasteiger partial charge in [-0.05, 0) is 48.0 Å². The van der Waals surface area contributed by atoms with Crippen LogP contribution in [0.3, 0.4) is 0 Å². The summed E-state index contributed by atoms with van der Waals surface area (Å²) in [7, 11) is 1.48. The average Bonchev–Trinajstić information content (AvgIpc) is 3.42. The Morgan fingerprint density at radius 3 is 2.58 bits per heavy atom.